The molecule has 1 saturated heterocycles. The summed E-state index contributed by atoms with van der Waals surface area (Å²) >= 11 is 0. The maximum atomic E-state index is 3.91. The molecule has 0 aromatic rings. The Morgan fingerprint density at radius 2 is 2.36 bits per heavy atom. The molecule has 1 heteroatoms. The Labute approximate surface area is 69.9 Å². The van der Waals surface area contributed by atoms with Crippen molar-refractivity contribution in [3.05, 3.63) is 12.2 Å². The van der Waals surface area contributed by atoms with Gasteiger partial charge < -0.3 is 5.32 Å². The zero-order chi connectivity index (χ0) is 8.10. The first-order valence-electron chi connectivity index (χ1n) is 4.67. The first-order valence-corrected chi connectivity index (χ1v) is 4.67. The summed E-state index contributed by atoms with van der Waals surface area (Å²) in [5.74, 6) is 0. The van der Waals surface area contributed by atoms with Gasteiger partial charge in [0.1, 0.15) is 0 Å². The Morgan fingerprint density at radius 3 is 2.91 bits per heavy atom. The number of nitrogens with one attached hydrogen (secondary N) is 1. The molecule has 1 heterocycles. The quantitative estimate of drug-likeness (QED) is 0.614. The van der Waals surface area contributed by atoms with Crippen molar-refractivity contribution in [1.29, 1.82) is 0 Å². The second kappa shape index (κ2) is 4.55. The van der Waals surface area contributed by atoms with E-state index in [9.17, 15) is 0 Å². The third-order valence-corrected chi connectivity index (χ3v) is 2.33. The van der Waals surface area contributed by atoms with Crippen LogP contribution in [-0.4, -0.2) is 12.6 Å². The first-order chi connectivity index (χ1) is 5.29. The molecule has 0 aromatic carbocycles. The predicted molar refractivity (Wildman–Crippen MR) is 49.7 cm³/mol. The number of hydrogen-bond acceptors (Lipinski definition) is 1. The minimum absolute atomic E-state index is 0.778. The summed E-state index contributed by atoms with van der Waals surface area (Å²) in [5, 5.41) is 3.53. The molecule has 1 atom stereocenters. The zero-order valence-corrected chi connectivity index (χ0v) is 7.53. The molecule has 1 fully saturated rings. The molecule has 11 heavy (non-hydrogen) atoms. The van der Waals surface area contributed by atoms with Gasteiger partial charge in [0.25, 0.3) is 0 Å². The lowest BCUT2D eigenvalue weighted by atomic mass is 9.99. The first kappa shape index (κ1) is 8.79. The number of rotatable bonds is 3. The van der Waals surface area contributed by atoms with Crippen LogP contribution >= 0.6 is 0 Å². The highest BCUT2D eigenvalue weighted by Crippen LogP contribution is 2.13. The SMILES string of the molecule is C=C(C)CCC1CCCCN1. The molecule has 1 aliphatic heterocycles. The van der Waals surface area contributed by atoms with Gasteiger partial charge in [-0.15, -0.1) is 6.58 Å². The van der Waals surface area contributed by atoms with Gasteiger partial charge in [0.15, 0.2) is 0 Å². The Hall–Kier alpha value is -0.300. The number of piperidine rings is 1. The van der Waals surface area contributed by atoms with E-state index in [4.69, 9.17) is 0 Å². The Bertz CT molecular complexity index is 123. The molecule has 0 aromatic heterocycles. The third kappa shape index (κ3) is 3.57. The highest BCUT2D eigenvalue weighted by molar-refractivity contribution is 4.89. The average Bonchev–Trinajstić information content (AvgIpc) is 2.03. The molecule has 0 saturated carbocycles. The molecule has 0 spiro atoms. The molecule has 1 aliphatic rings. The van der Waals surface area contributed by atoms with Gasteiger partial charge in [-0.1, -0.05) is 12.0 Å². The van der Waals surface area contributed by atoms with Gasteiger partial charge in [0, 0.05) is 6.04 Å². The molecule has 1 nitrogen and oxygen atoms in total. The summed E-state index contributed by atoms with van der Waals surface area (Å²) in [6.45, 7) is 7.25. The summed E-state index contributed by atoms with van der Waals surface area (Å²) in [6, 6.07) is 0.778. The van der Waals surface area contributed by atoms with Gasteiger partial charge in [0.2, 0.25) is 0 Å². The summed E-state index contributed by atoms with van der Waals surface area (Å²) < 4.78 is 0. The van der Waals surface area contributed by atoms with Crippen LogP contribution in [0.5, 0.6) is 0 Å². The minimum atomic E-state index is 0.778. The second-order valence-electron chi connectivity index (χ2n) is 3.64. The molecule has 64 valence electrons. The van der Waals surface area contributed by atoms with E-state index in [0.29, 0.717) is 0 Å². The Kier molecular flexibility index (Phi) is 3.64. The monoisotopic (exact) mass is 153 g/mol. The van der Waals surface area contributed by atoms with Crippen molar-refractivity contribution < 1.29 is 0 Å². The van der Waals surface area contributed by atoms with Crippen LogP contribution in [0.15, 0.2) is 12.2 Å². The second-order valence-corrected chi connectivity index (χ2v) is 3.64. The van der Waals surface area contributed by atoms with Crippen LogP contribution in [0, 0.1) is 0 Å². The van der Waals surface area contributed by atoms with E-state index in [1.54, 1.807) is 0 Å². The van der Waals surface area contributed by atoms with E-state index >= 15 is 0 Å². The van der Waals surface area contributed by atoms with Gasteiger partial charge in [0.05, 0.1) is 0 Å². The fraction of sp³-hybridized carbons (Fsp3) is 0.800. The van der Waals surface area contributed by atoms with Gasteiger partial charge in [-0.25, -0.2) is 0 Å². The number of allylic oxidation sites excluding steroid dienone is 1. The smallest absolute Gasteiger partial charge is 0.00701 e. The van der Waals surface area contributed by atoms with E-state index in [1.807, 2.05) is 0 Å². The van der Waals surface area contributed by atoms with E-state index in [0.717, 1.165) is 6.04 Å². The summed E-state index contributed by atoms with van der Waals surface area (Å²) in [5.41, 5.74) is 1.32. The molecule has 1 unspecified atom stereocenters. The van der Waals surface area contributed by atoms with Crippen molar-refractivity contribution >= 4 is 0 Å². The fourth-order valence-corrected chi connectivity index (χ4v) is 1.59. The van der Waals surface area contributed by atoms with Crippen molar-refractivity contribution in [3.8, 4) is 0 Å². The summed E-state index contributed by atoms with van der Waals surface area (Å²) in [6.07, 6.45) is 6.62. The highest BCUT2D eigenvalue weighted by Gasteiger charge is 2.11. The lowest BCUT2D eigenvalue weighted by Crippen LogP contribution is -2.33. The van der Waals surface area contributed by atoms with Crippen LogP contribution in [-0.2, 0) is 0 Å². The van der Waals surface area contributed by atoms with Crippen LogP contribution in [0.25, 0.3) is 0 Å². The van der Waals surface area contributed by atoms with E-state index in [1.165, 1.54) is 44.2 Å². The van der Waals surface area contributed by atoms with Crippen molar-refractivity contribution in [2.45, 2.75) is 45.1 Å². The van der Waals surface area contributed by atoms with Crippen LogP contribution in [0.4, 0.5) is 0 Å². The summed E-state index contributed by atoms with van der Waals surface area (Å²) in [4.78, 5) is 0. The van der Waals surface area contributed by atoms with Gasteiger partial charge >= 0.3 is 0 Å². The Morgan fingerprint density at radius 1 is 1.55 bits per heavy atom. The minimum Gasteiger partial charge on any atom is -0.314 e. The van der Waals surface area contributed by atoms with Crippen LogP contribution in [0.2, 0.25) is 0 Å². The van der Waals surface area contributed by atoms with Crippen LogP contribution in [0.1, 0.15) is 39.0 Å². The van der Waals surface area contributed by atoms with Crippen molar-refractivity contribution in [3.63, 3.8) is 0 Å². The van der Waals surface area contributed by atoms with E-state index in [2.05, 4.69) is 18.8 Å². The fourth-order valence-electron chi connectivity index (χ4n) is 1.59. The highest BCUT2D eigenvalue weighted by atomic mass is 14.9. The average molecular weight is 153 g/mol. The zero-order valence-electron chi connectivity index (χ0n) is 7.53. The maximum absolute atomic E-state index is 3.91. The molecule has 1 N–H and O–H groups in total. The largest absolute Gasteiger partial charge is 0.314 e. The van der Waals surface area contributed by atoms with Crippen molar-refractivity contribution in [2.75, 3.05) is 6.54 Å². The molecule has 1 rings (SSSR count). The maximum Gasteiger partial charge on any atom is 0.00701 e. The standard InChI is InChI=1S/C10H19N/c1-9(2)6-7-10-5-3-4-8-11-10/h10-11H,1,3-8H2,2H3. The van der Waals surface area contributed by atoms with E-state index < -0.39 is 0 Å². The van der Waals surface area contributed by atoms with Gasteiger partial charge in [-0.05, 0) is 39.2 Å². The molecule has 0 aliphatic carbocycles. The lowest BCUT2D eigenvalue weighted by Gasteiger charge is -2.23. The predicted octanol–water partition coefficient (Wildman–Crippen LogP) is 2.48. The molecular formula is C10H19N. The topological polar surface area (TPSA) is 12.0 Å². The molecular weight excluding hydrogens is 134 g/mol. The number of hydrogen-bond donors (Lipinski definition) is 1. The van der Waals surface area contributed by atoms with Crippen molar-refractivity contribution in [1.82, 2.24) is 5.32 Å². The van der Waals surface area contributed by atoms with Gasteiger partial charge in [-0.2, -0.15) is 0 Å². The molecule has 0 amide bonds. The van der Waals surface area contributed by atoms with Gasteiger partial charge in [-0.3, -0.25) is 0 Å². The van der Waals surface area contributed by atoms with Crippen LogP contribution < -0.4 is 5.32 Å². The molecule has 0 bridgehead atoms. The van der Waals surface area contributed by atoms with E-state index in [-0.39, 0.29) is 0 Å². The van der Waals surface area contributed by atoms with Crippen molar-refractivity contribution in [2.24, 2.45) is 0 Å². The summed E-state index contributed by atoms with van der Waals surface area (Å²) in [7, 11) is 0. The van der Waals surface area contributed by atoms with Crippen LogP contribution in [0.3, 0.4) is 0 Å². The third-order valence-electron chi connectivity index (χ3n) is 2.33. The molecule has 0 radical (unpaired) electrons. The lowest BCUT2D eigenvalue weighted by molar-refractivity contribution is 0.382. The Balaban J connectivity index is 2.09. The normalized spacial score (nSPS) is 25.0.